The van der Waals surface area contributed by atoms with Gasteiger partial charge >= 0.3 is 0 Å². The van der Waals surface area contributed by atoms with Crippen LogP contribution in [-0.4, -0.2) is 86.3 Å². The number of rotatable bonds is 13. The van der Waals surface area contributed by atoms with Crippen LogP contribution in [0.15, 0.2) is 0 Å². The Morgan fingerprint density at radius 2 is 1.32 bits per heavy atom. The summed E-state index contributed by atoms with van der Waals surface area (Å²) in [5.41, 5.74) is -0.00139. The molecule has 0 unspecified atom stereocenters. The summed E-state index contributed by atoms with van der Waals surface area (Å²) in [6.07, 6.45) is 7.87. The van der Waals surface area contributed by atoms with Crippen molar-refractivity contribution in [3.63, 3.8) is 0 Å². The Morgan fingerprint density at radius 3 is 1.84 bits per heavy atom. The maximum absolute atomic E-state index is 5.79. The molecule has 0 aliphatic carbocycles. The van der Waals surface area contributed by atoms with E-state index < -0.39 is 0 Å². The molecule has 0 radical (unpaired) electrons. The summed E-state index contributed by atoms with van der Waals surface area (Å²) in [5, 5.41) is 0. The van der Waals surface area contributed by atoms with Crippen molar-refractivity contribution in [2.24, 2.45) is 0 Å². The molecule has 25 heavy (non-hydrogen) atoms. The second kappa shape index (κ2) is 13.1. The number of nitrogens with zero attached hydrogens (tertiary/aromatic N) is 3. The number of hydrogen-bond acceptors (Lipinski definition) is 4. The highest BCUT2D eigenvalue weighted by molar-refractivity contribution is 4.72. The summed E-state index contributed by atoms with van der Waals surface area (Å²) in [4.78, 5) is 7.77. The molecule has 0 amide bonds. The zero-order chi connectivity index (χ0) is 18.5. The molecule has 150 valence electrons. The fourth-order valence-electron chi connectivity index (χ4n) is 3.36. The molecule has 0 spiro atoms. The van der Waals surface area contributed by atoms with Crippen molar-refractivity contribution < 1.29 is 4.74 Å². The summed E-state index contributed by atoms with van der Waals surface area (Å²) in [5.74, 6) is 0. The summed E-state index contributed by atoms with van der Waals surface area (Å²) in [7, 11) is 2.24. The lowest BCUT2D eigenvalue weighted by Gasteiger charge is -2.34. The Kier molecular flexibility index (Phi) is 12.0. The topological polar surface area (TPSA) is 19.0 Å². The van der Waals surface area contributed by atoms with Gasteiger partial charge in [-0.25, -0.2) is 0 Å². The minimum Gasteiger partial charge on any atom is -0.376 e. The van der Waals surface area contributed by atoms with E-state index in [0.29, 0.717) is 0 Å². The highest BCUT2D eigenvalue weighted by Gasteiger charge is 2.15. The third kappa shape index (κ3) is 12.8. The van der Waals surface area contributed by atoms with Crippen molar-refractivity contribution in [3.8, 4) is 0 Å². The Labute approximate surface area is 157 Å². The monoisotopic (exact) mass is 355 g/mol. The Bertz CT molecular complexity index is 309. The second-order valence-electron chi connectivity index (χ2n) is 8.72. The van der Waals surface area contributed by atoms with Crippen molar-refractivity contribution in [2.75, 3.05) is 66.0 Å². The van der Waals surface area contributed by atoms with Crippen molar-refractivity contribution in [1.82, 2.24) is 14.7 Å². The van der Waals surface area contributed by atoms with Crippen molar-refractivity contribution in [1.29, 1.82) is 0 Å². The van der Waals surface area contributed by atoms with E-state index >= 15 is 0 Å². The first-order valence-corrected chi connectivity index (χ1v) is 10.7. The Hall–Kier alpha value is -0.160. The molecule has 0 saturated carbocycles. The molecule has 0 N–H and O–H groups in total. The minimum absolute atomic E-state index is 0.00139. The Morgan fingerprint density at radius 1 is 0.800 bits per heavy atom. The maximum atomic E-state index is 5.79. The molecule has 4 heteroatoms. The molecule has 0 aromatic rings. The fraction of sp³-hybridized carbons (Fsp3) is 1.00. The maximum Gasteiger partial charge on any atom is 0.0598 e. The predicted molar refractivity (Wildman–Crippen MR) is 109 cm³/mol. The smallest absolute Gasteiger partial charge is 0.0598 e. The second-order valence-corrected chi connectivity index (χ2v) is 8.72. The lowest BCUT2D eigenvalue weighted by atomic mass is 10.2. The van der Waals surface area contributed by atoms with Gasteiger partial charge in [0, 0.05) is 39.3 Å². The van der Waals surface area contributed by atoms with Crippen LogP contribution in [0.1, 0.15) is 66.2 Å². The van der Waals surface area contributed by atoms with Crippen LogP contribution in [0.4, 0.5) is 0 Å². The van der Waals surface area contributed by atoms with Crippen LogP contribution < -0.4 is 0 Å². The lowest BCUT2D eigenvalue weighted by molar-refractivity contribution is -0.00632. The molecule has 0 atom stereocenters. The van der Waals surface area contributed by atoms with E-state index in [1.54, 1.807) is 0 Å². The highest BCUT2D eigenvalue weighted by atomic mass is 16.5. The summed E-state index contributed by atoms with van der Waals surface area (Å²) in [6.45, 7) is 19.6. The van der Waals surface area contributed by atoms with Crippen molar-refractivity contribution in [2.45, 2.75) is 71.8 Å². The van der Waals surface area contributed by atoms with Gasteiger partial charge in [-0.15, -0.1) is 0 Å². The van der Waals surface area contributed by atoms with Crippen LogP contribution in [0.2, 0.25) is 0 Å². The highest BCUT2D eigenvalue weighted by Crippen LogP contribution is 2.08. The van der Waals surface area contributed by atoms with Gasteiger partial charge in [0.2, 0.25) is 0 Å². The molecule has 4 nitrogen and oxygen atoms in total. The van der Waals surface area contributed by atoms with Gasteiger partial charge in [-0.1, -0.05) is 19.8 Å². The first-order valence-electron chi connectivity index (χ1n) is 10.7. The largest absolute Gasteiger partial charge is 0.376 e. The Balaban J connectivity index is 1.94. The molecule has 0 aromatic heterocycles. The number of ether oxygens (including phenoxy) is 1. The van der Waals surface area contributed by atoms with E-state index in [2.05, 4.69) is 49.4 Å². The van der Waals surface area contributed by atoms with Gasteiger partial charge in [0.15, 0.2) is 0 Å². The normalized spacial score (nSPS) is 17.5. The average molecular weight is 356 g/mol. The molecule has 1 aliphatic rings. The van der Waals surface area contributed by atoms with Gasteiger partial charge < -0.3 is 19.4 Å². The van der Waals surface area contributed by atoms with E-state index in [4.69, 9.17) is 4.74 Å². The summed E-state index contributed by atoms with van der Waals surface area (Å²) >= 11 is 0. The van der Waals surface area contributed by atoms with Gasteiger partial charge in [0.25, 0.3) is 0 Å². The van der Waals surface area contributed by atoms with E-state index in [9.17, 15) is 0 Å². The van der Waals surface area contributed by atoms with Crippen LogP contribution in [0.5, 0.6) is 0 Å². The first kappa shape index (κ1) is 22.9. The number of unbranched alkanes of at least 4 members (excludes halogenated alkanes) is 3. The SMILES string of the molecule is CCCCCN1CCN(CCCCN(C)CCCOC(C)(C)C)CC1. The van der Waals surface area contributed by atoms with Crippen LogP contribution in [0.3, 0.4) is 0 Å². The summed E-state index contributed by atoms with van der Waals surface area (Å²) in [6, 6.07) is 0. The van der Waals surface area contributed by atoms with Crippen LogP contribution in [-0.2, 0) is 4.74 Å². The van der Waals surface area contributed by atoms with Gasteiger partial charge in [-0.05, 0) is 73.1 Å². The van der Waals surface area contributed by atoms with Gasteiger partial charge in [-0.3, -0.25) is 0 Å². The van der Waals surface area contributed by atoms with Crippen LogP contribution in [0, 0.1) is 0 Å². The lowest BCUT2D eigenvalue weighted by Crippen LogP contribution is -2.46. The number of hydrogen-bond donors (Lipinski definition) is 0. The van der Waals surface area contributed by atoms with Gasteiger partial charge in [0.1, 0.15) is 0 Å². The predicted octanol–water partition coefficient (Wildman–Crippen LogP) is 3.71. The average Bonchev–Trinajstić information content (AvgIpc) is 2.56. The molecular formula is C21H45N3O. The van der Waals surface area contributed by atoms with Gasteiger partial charge in [0.05, 0.1) is 5.60 Å². The fourth-order valence-corrected chi connectivity index (χ4v) is 3.36. The molecule has 1 rings (SSSR count). The molecule has 1 saturated heterocycles. The first-order chi connectivity index (χ1) is 11.9. The van der Waals surface area contributed by atoms with E-state index in [1.165, 1.54) is 77.9 Å². The van der Waals surface area contributed by atoms with Gasteiger partial charge in [-0.2, -0.15) is 0 Å². The van der Waals surface area contributed by atoms with E-state index in [1.807, 2.05) is 0 Å². The molecular weight excluding hydrogens is 310 g/mol. The van der Waals surface area contributed by atoms with Crippen LogP contribution in [0.25, 0.3) is 0 Å². The molecule has 1 fully saturated rings. The molecule has 1 aliphatic heterocycles. The standard InChI is InChI=1S/C21H45N3O/c1-6-7-8-14-23-16-18-24(19-17-23)15-10-9-12-22(5)13-11-20-25-21(2,3)4/h6-20H2,1-5H3. The third-order valence-corrected chi connectivity index (χ3v) is 5.03. The van der Waals surface area contributed by atoms with Crippen molar-refractivity contribution in [3.05, 3.63) is 0 Å². The quantitative estimate of drug-likeness (QED) is 0.469. The number of piperazine rings is 1. The third-order valence-electron chi connectivity index (χ3n) is 5.03. The van der Waals surface area contributed by atoms with Crippen molar-refractivity contribution >= 4 is 0 Å². The zero-order valence-corrected chi connectivity index (χ0v) is 17.9. The minimum atomic E-state index is -0.00139. The molecule has 0 aromatic carbocycles. The molecule has 0 bridgehead atoms. The zero-order valence-electron chi connectivity index (χ0n) is 17.9. The summed E-state index contributed by atoms with van der Waals surface area (Å²) < 4.78 is 5.79. The molecule has 1 heterocycles. The van der Waals surface area contributed by atoms with E-state index in [0.717, 1.165) is 19.6 Å². The van der Waals surface area contributed by atoms with Crippen LogP contribution >= 0.6 is 0 Å². The van der Waals surface area contributed by atoms with E-state index in [-0.39, 0.29) is 5.60 Å².